The molecule has 2 rings (SSSR count). The van der Waals surface area contributed by atoms with Gasteiger partial charge in [0.1, 0.15) is 0 Å². The van der Waals surface area contributed by atoms with E-state index >= 15 is 0 Å². The van der Waals surface area contributed by atoms with Crippen LogP contribution in [0.25, 0.3) is 0 Å². The smallest absolute Gasteiger partial charge is 0.0357 e. The van der Waals surface area contributed by atoms with Crippen molar-refractivity contribution < 1.29 is 0 Å². The third-order valence-corrected chi connectivity index (χ3v) is 5.14. The van der Waals surface area contributed by atoms with Gasteiger partial charge in [-0.1, -0.05) is 26.7 Å². The molecule has 2 heteroatoms. The molecule has 0 aliphatic heterocycles. The lowest BCUT2D eigenvalue weighted by Gasteiger charge is -2.33. The van der Waals surface area contributed by atoms with Crippen LogP contribution >= 0.6 is 11.3 Å². The SMILES string of the molecule is CCCNC(c1csc(C)c1)C1CCC(C)CC1. The Bertz CT molecular complexity index is 350. The fourth-order valence-corrected chi connectivity index (χ4v) is 3.84. The number of thiophene rings is 1. The highest BCUT2D eigenvalue weighted by atomic mass is 32.1. The zero-order chi connectivity index (χ0) is 13.0. The first-order chi connectivity index (χ1) is 8.70. The third kappa shape index (κ3) is 3.58. The minimum absolute atomic E-state index is 0.599. The average molecular weight is 265 g/mol. The summed E-state index contributed by atoms with van der Waals surface area (Å²) in [4.78, 5) is 1.44. The van der Waals surface area contributed by atoms with Crippen molar-refractivity contribution in [2.24, 2.45) is 11.8 Å². The van der Waals surface area contributed by atoms with Crippen molar-refractivity contribution in [1.82, 2.24) is 5.32 Å². The average Bonchev–Trinajstić information content (AvgIpc) is 2.78. The van der Waals surface area contributed by atoms with Gasteiger partial charge in [-0.25, -0.2) is 0 Å². The quantitative estimate of drug-likeness (QED) is 0.796. The molecule has 0 amide bonds. The first-order valence-electron chi connectivity index (χ1n) is 7.49. The first-order valence-corrected chi connectivity index (χ1v) is 8.37. The predicted molar refractivity (Wildman–Crippen MR) is 81.2 cm³/mol. The Morgan fingerprint density at radius 2 is 2.06 bits per heavy atom. The summed E-state index contributed by atoms with van der Waals surface area (Å²) in [6.45, 7) is 8.02. The summed E-state index contributed by atoms with van der Waals surface area (Å²) in [6, 6.07) is 2.98. The molecule has 1 heterocycles. The molecule has 1 saturated carbocycles. The van der Waals surface area contributed by atoms with Gasteiger partial charge in [0.25, 0.3) is 0 Å². The molecular weight excluding hydrogens is 238 g/mol. The number of hydrogen-bond acceptors (Lipinski definition) is 2. The highest BCUT2D eigenvalue weighted by Crippen LogP contribution is 2.37. The van der Waals surface area contributed by atoms with Crippen molar-refractivity contribution in [3.63, 3.8) is 0 Å². The molecule has 1 aliphatic carbocycles. The first kappa shape index (κ1) is 14.1. The molecule has 1 aliphatic rings. The van der Waals surface area contributed by atoms with Crippen LogP contribution in [0.3, 0.4) is 0 Å². The summed E-state index contributed by atoms with van der Waals surface area (Å²) in [5.41, 5.74) is 1.53. The van der Waals surface area contributed by atoms with Crippen LogP contribution in [0.5, 0.6) is 0 Å². The van der Waals surface area contributed by atoms with Crippen molar-refractivity contribution in [1.29, 1.82) is 0 Å². The highest BCUT2D eigenvalue weighted by molar-refractivity contribution is 7.10. The minimum atomic E-state index is 0.599. The van der Waals surface area contributed by atoms with Crippen molar-refractivity contribution >= 4 is 11.3 Å². The van der Waals surface area contributed by atoms with E-state index in [0.29, 0.717) is 6.04 Å². The number of aryl methyl sites for hydroxylation is 1. The van der Waals surface area contributed by atoms with Gasteiger partial charge in [-0.3, -0.25) is 0 Å². The Hall–Kier alpha value is -0.340. The lowest BCUT2D eigenvalue weighted by atomic mass is 9.77. The lowest BCUT2D eigenvalue weighted by Crippen LogP contribution is -2.31. The van der Waals surface area contributed by atoms with Gasteiger partial charge in [-0.05, 0) is 61.6 Å². The topological polar surface area (TPSA) is 12.0 Å². The maximum Gasteiger partial charge on any atom is 0.0357 e. The van der Waals surface area contributed by atoms with Gasteiger partial charge in [0.2, 0.25) is 0 Å². The van der Waals surface area contributed by atoms with Crippen LogP contribution in [0.15, 0.2) is 11.4 Å². The highest BCUT2D eigenvalue weighted by Gasteiger charge is 2.27. The molecule has 1 atom stereocenters. The lowest BCUT2D eigenvalue weighted by molar-refractivity contribution is 0.232. The zero-order valence-corrected chi connectivity index (χ0v) is 12.9. The molecule has 1 fully saturated rings. The van der Waals surface area contributed by atoms with E-state index in [4.69, 9.17) is 0 Å². The predicted octanol–water partition coefficient (Wildman–Crippen LogP) is 4.92. The van der Waals surface area contributed by atoms with Crippen molar-refractivity contribution in [3.8, 4) is 0 Å². The Kier molecular flexibility index (Phi) is 5.25. The van der Waals surface area contributed by atoms with Gasteiger partial charge in [0.15, 0.2) is 0 Å². The molecular formula is C16H27NS. The molecule has 1 aromatic rings. The molecule has 102 valence electrons. The molecule has 18 heavy (non-hydrogen) atoms. The second-order valence-electron chi connectivity index (χ2n) is 5.94. The summed E-state index contributed by atoms with van der Waals surface area (Å²) >= 11 is 1.89. The Balaban J connectivity index is 2.04. The number of rotatable bonds is 5. The fourth-order valence-electron chi connectivity index (χ4n) is 3.10. The number of nitrogens with one attached hydrogen (secondary N) is 1. The van der Waals surface area contributed by atoms with E-state index in [1.807, 2.05) is 11.3 Å². The summed E-state index contributed by atoms with van der Waals surface area (Å²) in [5, 5.41) is 6.15. The van der Waals surface area contributed by atoms with Crippen LogP contribution in [0, 0.1) is 18.8 Å². The van der Waals surface area contributed by atoms with E-state index in [2.05, 4.69) is 37.5 Å². The minimum Gasteiger partial charge on any atom is -0.310 e. The Morgan fingerprint density at radius 1 is 1.33 bits per heavy atom. The maximum atomic E-state index is 3.79. The van der Waals surface area contributed by atoms with Crippen molar-refractivity contribution in [3.05, 3.63) is 21.9 Å². The largest absolute Gasteiger partial charge is 0.310 e. The van der Waals surface area contributed by atoms with Gasteiger partial charge >= 0.3 is 0 Å². The second kappa shape index (κ2) is 6.72. The maximum absolute atomic E-state index is 3.79. The van der Waals surface area contributed by atoms with E-state index in [0.717, 1.165) is 18.4 Å². The molecule has 1 N–H and O–H groups in total. The Morgan fingerprint density at radius 3 is 2.61 bits per heavy atom. The van der Waals surface area contributed by atoms with Gasteiger partial charge < -0.3 is 5.32 Å². The monoisotopic (exact) mass is 265 g/mol. The third-order valence-electron chi connectivity index (χ3n) is 4.26. The molecule has 0 bridgehead atoms. The fraction of sp³-hybridized carbons (Fsp3) is 0.750. The van der Waals surface area contributed by atoms with Crippen LogP contribution in [0.1, 0.15) is 62.4 Å². The zero-order valence-electron chi connectivity index (χ0n) is 12.0. The molecule has 0 radical (unpaired) electrons. The summed E-state index contributed by atoms with van der Waals surface area (Å²) in [7, 11) is 0. The van der Waals surface area contributed by atoms with E-state index < -0.39 is 0 Å². The molecule has 1 aromatic heterocycles. The summed E-state index contributed by atoms with van der Waals surface area (Å²) in [5.74, 6) is 1.79. The second-order valence-corrected chi connectivity index (χ2v) is 7.06. The van der Waals surface area contributed by atoms with E-state index in [-0.39, 0.29) is 0 Å². The standard InChI is InChI=1S/C16H27NS/c1-4-9-17-16(15-10-13(3)18-11-15)14-7-5-12(2)6-8-14/h10-12,14,16-17H,4-9H2,1-3H3. The van der Waals surface area contributed by atoms with E-state index in [1.54, 1.807) is 0 Å². The van der Waals surface area contributed by atoms with Crippen LogP contribution in [-0.2, 0) is 0 Å². The van der Waals surface area contributed by atoms with E-state index in [9.17, 15) is 0 Å². The normalized spacial score (nSPS) is 26.2. The molecule has 0 spiro atoms. The molecule has 1 unspecified atom stereocenters. The van der Waals surface area contributed by atoms with Gasteiger partial charge in [-0.2, -0.15) is 0 Å². The molecule has 0 saturated heterocycles. The van der Waals surface area contributed by atoms with Crippen LogP contribution in [0.2, 0.25) is 0 Å². The summed E-state index contributed by atoms with van der Waals surface area (Å²) < 4.78 is 0. The van der Waals surface area contributed by atoms with Crippen molar-refractivity contribution in [2.75, 3.05) is 6.54 Å². The van der Waals surface area contributed by atoms with Crippen LogP contribution < -0.4 is 5.32 Å². The number of hydrogen-bond donors (Lipinski definition) is 1. The van der Waals surface area contributed by atoms with Crippen LogP contribution in [-0.4, -0.2) is 6.54 Å². The van der Waals surface area contributed by atoms with Gasteiger partial charge in [0, 0.05) is 10.9 Å². The Labute approximate surface area is 116 Å². The van der Waals surface area contributed by atoms with Gasteiger partial charge in [0.05, 0.1) is 0 Å². The van der Waals surface area contributed by atoms with Crippen molar-refractivity contribution in [2.45, 2.75) is 58.9 Å². The van der Waals surface area contributed by atoms with Crippen LogP contribution in [0.4, 0.5) is 0 Å². The molecule has 0 aromatic carbocycles. The van der Waals surface area contributed by atoms with Gasteiger partial charge in [-0.15, -0.1) is 11.3 Å². The van der Waals surface area contributed by atoms with E-state index in [1.165, 1.54) is 42.5 Å². The molecule has 1 nitrogen and oxygen atoms in total. The summed E-state index contributed by atoms with van der Waals surface area (Å²) in [6.07, 6.45) is 6.85.